The average molecular weight is 538 g/mol. The Bertz CT molecular complexity index is 1750. The van der Waals surface area contributed by atoms with Gasteiger partial charge in [-0.05, 0) is 61.4 Å². The van der Waals surface area contributed by atoms with E-state index in [1.165, 1.54) is 15.8 Å². The zero-order chi connectivity index (χ0) is 28.3. The van der Waals surface area contributed by atoms with E-state index < -0.39 is 0 Å². The molecule has 0 saturated carbocycles. The summed E-state index contributed by atoms with van der Waals surface area (Å²) >= 11 is 0. The van der Waals surface area contributed by atoms with Gasteiger partial charge in [0.25, 0.3) is 11.5 Å². The number of carbonyl (C=O) groups is 2. The van der Waals surface area contributed by atoms with Crippen molar-refractivity contribution in [3.8, 4) is 11.1 Å². The monoisotopic (exact) mass is 537 g/mol. The molecule has 2 aliphatic rings. The molecule has 6 rings (SSSR count). The molecule has 0 spiro atoms. The molecule has 204 valence electrons. The highest BCUT2D eigenvalue weighted by Crippen LogP contribution is 2.40. The number of hydrogen-bond donors (Lipinski definition) is 1. The van der Waals surface area contributed by atoms with Gasteiger partial charge in [-0.25, -0.2) is 15.0 Å². The van der Waals surface area contributed by atoms with Crippen molar-refractivity contribution >= 4 is 29.5 Å². The topological polar surface area (TPSA) is 115 Å². The maximum absolute atomic E-state index is 13.7. The van der Waals surface area contributed by atoms with Gasteiger partial charge in [0.1, 0.15) is 28.8 Å². The van der Waals surface area contributed by atoms with Gasteiger partial charge in [0.05, 0.1) is 5.56 Å². The molecule has 0 fully saturated rings. The molecule has 0 saturated heterocycles. The lowest BCUT2D eigenvalue weighted by atomic mass is 9.90. The van der Waals surface area contributed by atoms with Gasteiger partial charge in [-0.1, -0.05) is 13.8 Å². The van der Waals surface area contributed by atoms with Gasteiger partial charge in [0.15, 0.2) is 6.29 Å². The summed E-state index contributed by atoms with van der Waals surface area (Å²) in [5, 5.41) is 3.11. The van der Waals surface area contributed by atoms with Gasteiger partial charge < -0.3 is 14.5 Å². The van der Waals surface area contributed by atoms with Crippen LogP contribution in [0.25, 0.3) is 11.1 Å². The van der Waals surface area contributed by atoms with E-state index in [1.807, 2.05) is 13.0 Å². The lowest BCUT2D eigenvalue weighted by Gasteiger charge is -2.30. The Labute approximate surface area is 231 Å². The normalized spacial score (nSPS) is 15.6. The minimum Gasteiger partial charge on any atom is -0.339 e. The molecule has 4 aromatic heterocycles. The van der Waals surface area contributed by atoms with Gasteiger partial charge in [0.2, 0.25) is 0 Å². The first-order chi connectivity index (χ1) is 19.0. The van der Waals surface area contributed by atoms with Crippen molar-refractivity contribution in [1.82, 2.24) is 24.1 Å². The largest absolute Gasteiger partial charge is 0.339 e. The van der Waals surface area contributed by atoms with E-state index in [0.717, 1.165) is 24.8 Å². The average Bonchev–Trinajstić information content (AvgIpc) is 3.38. The second-order valence-electron chi connectivity index (χ2n) is 11.5. The van der Waals surface area contributed by atoms with Crippen molar-refractivity contribution in [1.29, 1.82) is 0 Å². The number of fused-ring (bicyclic) bond motifs is 3. The predicted octanol–water partition coefficient (Wildman–Crippen LogP) is 4.00. The fourth-order valence-corrected chi connectivity index (χ4v) is 6.03. The minimum absolute atomic E-state index is 0.163. The number of pyridine rings is 2. The van der Waals surface area contributed by atoms with Crippen LogP contribution in [0.15, 0.2) is 41.5 Å². The number of amides is 1. The number of carbonyl (C=O) groups excluding carboxylic acids is 2. The third-order valence-electron chi connectivity index (χ3n) is 7.69. The smallest absolute Gasteiger partial charge is 0.276 e. The van der Waals surface area contributed by atoms with Crippen molar-refractivity contribution in [3.05, 3.63) is 81.0 Å². The molecule has 0 bridgehead atoms. The summed E-state index contributed by atoms with van der Waals surface area (Å²) < 4.78 is 3.59. The summed E-state index contributed by atoms with van der Waals surface area (Å²) in [5.41, 5.74) is 5.64. The third kappa shape index (κ3) is 4.29. The Balaban J connectivity index is 1.38. The molecular weight excluding hydrogens is 506 g/mol. The van der Waals surface area contributed by atoms with E-state index in [-0.39, 0.29) is 16.9 Å². The van der Waals surface area contributed by atoms with E-state index in [2.05, 4.69) is 38.7 Å². The van der Waals surface area contributed by atoms with Gasteiger partial charge in [-0.2, -0.15) is 0 Å². The first-order valence-corrected chi connectivity index (χ1v) is 13.3. The summed E-state index contributed by atoms with van der Waals surface area (Å²) in [4.78, 5) is 53.9. The summed E-state index contributed by atoms with van der Waals surface area (Å²) in [7, 11) is 1.65. The summed E-state index contributed by atoms with van der Waals surface area (Å²) in [6.45, 7) is 9.20. The molecule has 1 amide bonds. The van der Waals surface area contributed by atoms with E-state index in [4.69, 9.17) is 0 Å². The van der Waals surface area contributed by atoms with Crippen molar-refractivity contribution in [2.75, 3.05) is 16.8 Å². The number of hydrogen-bond acceptors (Lipinski definition) is 7. The number of nitrogens with one attached hydrogen (secondary N) is 1. The van der Waals surface area contributed by atoms with Crippen molar-refractivity contribution in [2.24, 2.45) is 12.5 Å². The van der Waals surface area contributed by atoms with E-state index >= 15 is 0 Å². The standard InChI is InChI=1S/C30H31N7O3/c1-17-10-26(33-18(2)32-17)34-23-11-20(15-35(5)28(23)39)21-6-7-31-27(22(21)16-38)37-9-8-36-24(29(37)40)12-19-13-30(3,4)14-25(19)36/h6-7,10-12,15-16H,8-9,13-14H2,1-5H3,(H,32,33,34). The number of nitrogens with zero attached hydrogens (tertiary/aromatic N) is 6. The predicted molar refractivity (Wildman–Crippen MR) is 152 cm³/mol. The molecule has 40 heavy (non-hydrogen) atoms. The van der Waals surface area contributed by atoms with Crippen LogP contribution in [0.2, 0.25) is 0 Å². The van der Waals surface area contributed by atoms with Crippen LogP contribution in [-0.2, 0) is 26.4 Å². The zero-order valence-electron chi connectivity index (χ0n) is 23.3. The molecule has 0 aromatic carbocycles. The van der Waals surface area contributed by atoms with Gasteiger partial charge in [-0.15, -0.1) is 0 Å². The first-order valence-electron chi connectivity index (χ1n) is 13.3. The fraction of sp³-hybridized carbons (Fsp3) is 0.333. The molecule has 0 radical (unpaired) electrons. The maximum Gasteiger partial charge on any atom is 0.276 e. The van der Waals surface area contributed by atoms with E-state index in [9.17, 15) is 14.4 Å². The molecular formula is C30H31N7O3. The first kappa shape index (κ1) is 25.7. The third-order valence-corrected chi connectivity index (χ3v) is 7.69. The van der Waals surface area contributed by atoms with Crippen LogP contribution in [0.5, 0.6) is 0 Å². The molecule has 10 nitrogen and oxygen atoms in total. The SMILES string of the molecule is Cc1cc(Nc2cc(-c3ccnc(N4CCn5c(cc6c5CC(C)(C)C6)C4=O)c3C=O)cn(C)c2=O)nc(C)n1. The van der Waals surface area contributed by atoms with Crippen molar-refractivity contribution < 1.29 is 9.59 Å². The van der Waals surface area contributed by atoms with E-state index in [0.29, 0.717) is 58.6 Å². The van der Waals surface area contributed by atoms with Crippen LogP contribution in [0.1, 0.15) is 57.5 Å². The van der Waals surface area contributed by atoms with Crippen molar-refractivity contribution in [2.45, 2.75) is 47.1 Å². The number of rotatable bonds is 5. The Morgan fingerprint density at radius 1 is 1.05 bits per heavy atom. The van der Waals surface area contributed by atoms with Crippen LogP contribution in [0.4, 0.5) is 17.3 Å². The Kier molecular flexibility index (Phi) is 5.94. The second-order valence-corrected chi connectivity index (χ2v) is 11.5. The lowest BCUT2D eigenvalue weighted by molar-refractivity contribution is 0.0963. The summed E-state index contributed by atoms with van der Waals surface area (Å²) in [5.74, 6) is 1.24. The maximum atomic E-state index is 13.7. The highest BCUT2D eigenvalue weighted by atomic mass is 16.2. The van der Waals surface area contributed by atoms with Crippen LogP contribution in [0.3, 0.4) is 0 Å². The molecule has 10 heteroatoms. The van der Waals surface area contributed by atoms with Gasteiger partial charge in [0, 0.05) is 55.5 Å². The molecule has 5 heterocycles. The number of anilines is 3. The molecule has 1 aliphatic heterocycles. The Hall–Kier alpha value is -4.60. The number of aryl methyl sites for hydroxylation is 3. The van der Waals surface area contributed by atoms with Crippen molar-refractivity contribution in [3.63, 3.8) is 0 Å². The molecule has 1 N–H and O–H groups in total. The van der Waals surface area contributed by atoms with Crippen LogP contribution >= 0.6 is 0 Å². The minimum atomic E-state index is -0.247. The number of aldehydes is 1. The van der Waals surface area contributed by atoms with Crippen LogP contribution in [0, 0.1) is 19.3 Å². The molecule has 4 aromatic rings. The quantitative estimate of drug-likeness (QED) is 0.383. The highest BCUT2D eigenvalue weighted by molar-refractivity contribution is 6.08. The lowest BCUT2D eigenvalue weighted by Crippen LogP contribution is -2.41. The second kappa shape index (κ2) is 9.25. The Morgan fingerprint density at radius 3 is 2.60 bits per heavy atom. The van der Waals surface area contributed by atoms with Crippen LogP contribution < -0.4 is 15.8 Å². The zero-order valence-corrected chi connectivity index (χ0v) is 23.3. The summed E-state index contributed by atoms with van der Waals surface area (Å²) in [6.07, 6.45) is 5.89. The van der Waals surface area contributed by atoms with E-state index in [1.54, 1.807) is 49.5 Å². The number of aromatic nitrogens is 5. The summed E-state index contributed by atoms with van der Waals surface area (Å²) in [6, 6.07) is 7.18. The molecule has 1 aliphatic carbocycles. The van der Waals surface area contributed by atoms with Gasteiger partial charge in [-0.3, -0.25) is 19.3 Å². The van der Waals surface area contributed by atoms with Gasteiger partial charge >= 0.3 is 0 Å². The Morgan fingerprint density at radius 2 is 1.85 bits per heavy atom. The van der Waals surface area contributed by atoms with Crippen LogP contribution in [-0.4, -0.2) is 42.8 Å². The molecule has 0 atom stereocenters. The fourth-order valence-electron chi connectivity index (χ4n) is 6.03. The highest BCUT2D eigenvalue weighted by Gasteiger charge is 2.37. The molecule has 0 unspecified atom stereocenters.